The van der Waals surface area contributed by atoms with Gasteiger partial charge < -0.3 is 4.74 Å². The molecule has 0 radical (unpaired) electrons. The average molecular weight is 495 g/mol. The van der Waals surface area contributed by atoms with E-state index in [1.54, 1.807) is 24.3 Å². The highest BCUT2D eigenvalue weighted by Gasteiger charge is 2.26. The first kappa shape index (κ1) is 26.0. The number of hydrogen-bond acceptors (Lipinski definition) is 2. The number of carbonyl (C=O) groups is 1. The Balaban J connectivity index is 1.44. The van der Waals surface area contributed by atoms with E-state index in [1.165, 1.54) is 24.3 Å². The molecule has 0 N–H and O–H groups in total. The van der Waals surface area contributed by atoms with Gasteiger partial charge in [-0.3, -0.25) is 0 Å². The Morgan fingerprint density at radius 3 is 2.19 bits per heavy atom. The zero-order valence-corrected chi connectivity index (χ0v) is 21.0. The Labute approximate surface area is 211 Å². The molecule has 0 spiro atoms. The van der Waals surface area contributed by atoms with Gasteiger partial charge in [-0.1, -0.05) is 57.0 Å². The van der Waals surface area contributed by atoms with Crippen molar-refractivity contribution in [2.45, 2.75) is 71.1 Å². The van der Waals surface area contributed by atoms with Gasteiger partial charge in [-0.05, 0) is 96.9 Å². The lowest BCUT2D eigenvalue weighted by Crippen LogP contribution is -2.15. The lowest BCUT2D eigenvalue weighted by Gasteiger charge is -2.28. The minimum Gasteiger partial charge on any atom is -0.420 e. The maximum absolute atomic E-state index is 14.9. The zero-order chi connectivity index (χ0) is 25.7. The molecule has 1 aliphatic carbocycles. The molecule has 36 heavy (non-hydrogen) atoms. The van der Waals surface area contributed by atoms with Crippen LogP contribution in [0.1, 0.15) is 86.2 Å². The van der Waals surface area contributed by atoms with Crippen LogP contribution in [-0.4, -0.2) is 5.97 Å². The van der Waals surface area contributed by atoms with Gasteiger partial charge >= 0.3 is 5.97 Å². The van der Waals surface area contributed by atoms with E-state index >= 15 is 0 Å². The molecule has 0 aliphatic heterocycles. The van der Waals surface area contributed by atoms with E-state index < -0.39 is 23.4 Å². The molecular formula is C31H33F3O2. The van der Waals surface area contributed by atoms with Crippen LogP contribution in [-0.2, 0) is 6.42 Å². The van der Waals surface area contributed by atoms with Crippen LogP contribution in [0.3, 0.4) is 0 Å². The van der Waals surface area contributed by atoms with Crippen molar-refractivity contribution in [1.82, 2.24) is 0 Å². The highest BCUT2D eigenvalue weighted by atomic mass is 19.2. The lowest BCUT2D eigenvalue weighted by atomic mass is 9.77. The number of ether oxygens (including phenoxy) is 1. The van der Waals surface area contributed by atoms with Crippen LogP contribution in [0.4, 0.5) is 13.2 Å². The van der Waals surface area contributed by atoms with Crippen LogP contribution in [0.5, 0.6) is 5.75 Å². The van der Waals surface area contributed by atoms with E-state index in [-0.39, 0.29) is 17.3 Å². The fourth-order valence-corrected chi connectivity index (χ4v) is 5.08. The number of benzene rings is 3. The zero-order valence-electron chi connectivity index (χ0n) is 21.0. The maximum atomic E-state index is 14.9. The standard InChI is InChI=1S/C31H33F3O2/c1-3-5-6-23-13-16-25(19-27(23)32)21-11-14-24(15-12-21)31(35)36-28-18-17-26(29(33)30(28)34)22-9-7-20(4-2)8-10-22/h11-20,22H,3-10H2,1-2H3. The fourth-order valence-electron chi connectivity index (χ4n) is 5.08. The van der Waals surface area contributed by atoms with E-state index in [1.807, 2.05) is 6.07 Å². The van der Waals surface area contributed by atoms with Gasteiger partial charge in [-0.2, -0.15) is 4.39 Å². The first-order chi connectivity index (χ1) is 17.4. The highest BCUT2D eigenvalue weighted by molar-refractivity contribution is 5.91. The van der Waals surface area contributed by atoms with Crippen LogP contribution in [0, 0.1) is 23.4 Å². The number of hydrogen-bond donors (Lipinski definition) is 0. The fraction of sp³-hybridized carbons (Fsp3) is 0.387. The summed E-state index contributed by atoms with van der Waals surface area (Å²) in [5, 5.41) is 0. The molecule has 5 heteroatoms. The summed E-state index contributed by atoms with van der Waals surface area (Å²) in [5.41, 5.74) is 2.69. The third kappa shape index (κ3) is 5.83. The molecule has 0 amide bonds. The number of aryl methyl sites for hydroxylation is 1. The molecule has 1 fully saturated rings. The SMILES string of the molecule is CCCCc1ccc(-c2ccc(C(=O)Oc3ccc(C4CCC(CC)CC4)c(F)c3F)cc2)cc1F. The van der Waals surface area contributed by atoms with Gasteiger partial charge in [-0.15, -0.1) is 0 Å². The number of esters is 1. The number of halogens is 3. The van der Waals surface area contributed by atoms with E-state index in [0.29, 0.717) is 29.0 Å². The topological polar surface area (TPSA) is 26.3 Å². The van der Waals surface area contributed by atoms with Gasteiger partial charge in [0.1, 0.15) is 5.82 Å². The number of carbonyl (C=O) groups excluding carboxylic acids is 1. The van der Waals surface area contributed by atoms with Gasteiger partial charge in [0.25, 0.3) is 0 Å². The van der Waals surface area contributed by atoms with Gasteiger partial charge in [0, 0.05) is 0 Å². The van der Waals surface area contributed by atoms with Crippen LogP contribution in [0.25, 0.3) is 11.1 Å². The Morgan fingerprint density at radius 1 is 0.861 bits per heavy atom. The monoisotopic (exact) mass is 494 g/mol. The molecule has 0 heterocycles. The second kappa shape index (κ2) is 11.8. The number of unbranched alkanes of at least 4 members (excludes halogenated alkanes) is 1. The summed E-state index contributed by atoms with van der Waals surface area (Å²) in [5.74, 6) is -2.86. The Morgan fingerprint density at radius 2 is 1.56 bits per heavy atom. The molecule has 0 aromatic heterocycles. The van der Waals surface area contributed by atoms with E-state index in [2.05, 4.69) is 13.8 Å². The van der Waals surface area contributed by atoms with Gasteiger partial charge in [-0.25, -0.2) is 13.6 Å². The normalized spacial score (nSPS) is 17.7. The predicted molar refractivity (Wildman–Crippen MR) is 137 cm³/mol. The molecule has 3 aromatic carbocycles. The minimum atomic E-state index is -1.13. The molecule has 0 unspecified atom stereocenters. The summed E-state index contributed by atoms with van der Waals surface area (Å²) in [6, 6.07) is 14.5. The highest BCUT2D eigenvalue weighted by Crippen LogP contribution is 2.39. The molecule has 1 saturated carbocycles. The third-order valence-electron chi connectivity index (χ3n) is 7.45. The van der Waals surface area contributed by atoms with Crippen molar-refractivity contribution in [2.75, 3.05) is 0 Å². The third-order valence-corrected chi connectivity index (χ3v) is 7.45. The summed E-state index contributed by atoms with van der Waals surface area (Å²) < 4.78 is 49.2. The molecule has 190 valence electrons. The minimum absolute atomic E-state index is 0.00913. The Bertz CT molecular complexity index is 1200. The molecule has 0 saturated heterocycles. The van der Waals surface area contributed by atoms with Crippen LogP contribution in [0.2, 0.25) is 0 Å². The van der Waals surface area contributed by atoms with Crippen molar-refractivity contribution in [2.24, 2.45) is 5.92 Å². The summed E-state index contributed by atoms with van der Waals surface area (Å²) in [4.78, 5) is 12.6. The van der Waals surface area contributed by atoms with Crippen molar-refractivity contribution in [3.8, 4) is 16.9 Å². The van der Waals surface area contributed by atoms with Crippen molar-refractivity contribution in [3.05, 3.63) is 88.7 Å². The lowest BCUT2D eigenvalue weighted by molar-refractivity contribution is 0.0726. The van der Waals surface area contributed by atoms with Crippen LogP contribution < -0.4 is 4.74 Å². The molecule has 0 atom stereocenters. The predicted octanol–water partition coefficient (Wildman–Crippen LogP) is 9.02. The summed E-state index contributed by atoms with van der Waals surface area (Å²) in [7, 11) is 0. The largest absolute Gasteiger partial charge is 0.420 e. The first-order valence-electron chi connectivity index (χ1n) is 13.0. The number of rotatable bonds is 8. The van der Waals surface area contributed by atoms with Gasteiger partial charge in [0.2, 0.25) is 5.82 Å². The van der Waals surface area contributed by atoms with Gasteiger partial charge in [0.05, 0.1) is 5.56 Å². The quantitative estimate of drug-likeness (QED) is 0.231. The second-order valence-corrected chi connectivity index (χ2v) is 9.78. The Kier molecular flexibility index (Phi) is 8.50. The van der Waals surface area contributed by atoms with E-state index in [9.17, 15) is 18.0 Å². The van der Waals surface area contributed by atoms with Crippen LogP contribution in [0.15, 0.2) is 54.6 Å². The second-order valence-electron chi connectivity index (χ2n) is 9.78. The maximum Gasteiger partial charge on any atom is 0.343 e. The van der Waals surface area contributed by atoms with Crippen molar-refractivity contribution < 1.29 is 22.7 Å². The summed E-state index contributed by atoms with van der Waals surface area (Å²) in [6.07, 6.45) is 7.46. The smallest absolute Gasteiger partial charge is 0.343 e. The first-order valence-corrected chi connectivity index (χ1v) is 13.0. The molecule has 4 rings (SSSR count). The molecule has 0 bridgehead atoms. The molecule has 3 aromatic rings. The molecule has 1 aliphatic rings. The van der Waals surface area contributed by atoms with Gasteiger partial charge in [0.15, 0.2) is 11.6 Å². The summed E-state index contributed by atoms with van der Waals surface area (Å²) in [6.45, 7) is 4.23. The molecule has 2 nitrogen and oxygen atoms in total. The van der Waals surface area contributed by atoms with Crippen LogP contribution >= 0.6 is 0 Å². The average Bonchev–Trinajstić information content (AvgIpc) is 2.91. The summed E-state index contributed by atoms with van der Waals surface area (Å²) >= 11 is 0. The van der Waals surface area contributed by atoms with E-state index in [0.717, 1.165) is 50.5 Å². The van der Waals surface area contributed by atoms with Crippen molar-refractivity contribution in [3.63, 3.8) is 0 Å². The Hall–Kier alpha value is -3.08. The van der Waals surface area contributed by atoms with Crippen molar-refractivity contribution >= 4 is 5.97 Å². The molecular weight excluding hydrogens is 461 g/mol. The van der Waals surface area contributed by atoms with Crippen molar-refractivity contribution in [1.29, 1.82) is 0 Å². The van der Waals surface area contributed by atoms with E-state index in [4.69, 9.17) is 4.74 Å².